The van der Waals surface area contributed by atoms with Gasteiger partial charge in [0.05, 0.1) is 6.10 Å². The molecule has 4 atom stereocenters. The Labute approximate surface area is 157 Å². The van der Waals surface area contributed by atoms with Crippen molar-refractivity contribution >= 4 is 5.91 Å². The number of nitrogens with one attached hydrogen (secondary N) is 1. The Morgan fingerprint density at radius 3 is 2.92 bits per heavy atom. The quantitative estimate of drug-likeness (QED) is 0.874. The zero-order valence-electron chi connectivity index (χ0n) is 16.6. The van der Waals surface area contributed by atoms with Gasteiger partial charge in [0.2, 0.25) is 5.91 Å². The molecule has 1 aliphatic heterocycles. The number of carbonyl (C=O) groups excluding carboxylic acids is 1. The fourth-order valence-electron chi connectivity index (χ4n) is 4.50. The molecule has 6 heteroatoms. The van der Waals surface area contributed by atoms with Gasteiger partial charge in [0.1, 0.15) is 18.5 Å². The van der Waals surface area contributed by atoms with Gasteiger partial charge >= 0.3 is 0 Å². The second-order valence-electron chi connectivity index (χ2n) is 8.38. The van der Waals surface area contributed by atoms with Crippen molar-refractivity contribution in [1.82, 2.24) is 19.8 Å². The number of hydrogen-bond donors (Lipinski definition) is 1. The van der Waals surface area contributed by atoms with Crippen molar-refractivity contribution < 1.29 is 9.53 Å². The van der Waals surface area contributed by atoms with Crippen molar-refractivity contribution in [2.24, 2.45) is 24.8 Å². The summed E-state index contributed by atoms with van der Waals surface area (Å²) in [7, 11) is 1.98. The van der Waals surface area contributed by atoms with Gasteiger partial charge in [0.25, 0.3) is 0 Å². The SMILES string of the molecule is CC1CCC(C(C)C)C(OCC(=O)N2CCNCC2c2nccn2C)C1. The molecule has 3 rings (SSSR count). The van der Waals surface area contributed by atoms with Crippen molar-refractivity contribution in [2.75, 3.05) is 26.2 Å². The van der Waals surface area contributed by atoms with Crippen LogP contribution in [0.5, 0.6) is 0 Å². The number of rotatable bonds is 5. The Morgan fingerprint density at radius 2 is 2.23 bits per heavy atom. The van der Waals surface area contributed by atoms with Crippen LogP contribution in [-0.4, -0.2) is 52.7 Å². The van der Waals surface area contributed by atoms with Crippen molar-refractivity contribution in [3.8, 4) is 0 Å². The van der Waals surface area contributed by atoms with Crippen molar-refractivity contribution in [3.63, 3.8) is 0 Å². The lowest BCUT2D eigenvalue weighted by atomic mass is 9.75. The van der Waals surface area contributed by atoms with E-state index in [1.165, 1.54) is 12.8 Å². The van der Waals surface area contributed by atoms with E-state index < -0.39 is 0 Å². The van der Waals surface area contributed by atoms with Crippen molar-refractivity contribution in [3.05, 3.63) is 18.2 Å². The summed E-state index contributed by atoms with van der Waals surface area (Å²) < 4.78 is 8.20. The van der Waals surface area contributed by atoms with Crippen LogP contribution in [0.3, 0.4) is 0 Å². The summed E-state index contributed by atoms with van der Waals surface area (Å²) in [5, 5.41) is 3.38. The first-order chi connectivity index (χ1) is 12.5. The number of hydrogen-bond acceptors (Lipinski definition) is 4. The summed E-state index contributed by atoms with van der Waals surface area (Å²) in [5.74, 6) is 2.86. The van der Waals surface area contributed by atoms with Crippen LogP contribution in [0.4, 0.5) is 0 Å². The zero-order valence-corrected chi connectivity index (χ0v) is 16.6. The zero-order chi connectivity index (χ0) is 18.7. The van der Waals surface area contributed by atoms with E-state index in [0.29, 0.717) is 24.3 Å². The van der Waals surface area contributed by atoms with Crippen LogP contribution >= 0.6 is 0 Å². The van der Waals surface area contributed by atoms with Crippen LogP contribution in [0.1, 0.15) is 51.9 Å². The fourth-order valence-corrected chi connectivity index (χ4v) is 4.50. The van der Waals surface area contributed by atoms with E-state index in [-0.39, 0.29) is 24.7 Å². The summed E-state index contributed by atoms with van der Waals surface area (Å²) in [6, 6.07) is -0.0222. The second-order valence-corrected chi connectivity index (χ2v) is 8.38. The molecule has 4 unspecified atom stereocenters. The molecule has 1 saturated carbocycles. The molecule has 0 aromatic carbocycles. The molecule has 2 heterocycles. The maximum absolute atomic E-state index is 13.0. The largest absolute Gasteiger partial charge is 0.368 e. The van der Waals surface area contributed by atoms with Crippen LogP contribution in [-0.2, 0) is 16.6 Å². The summed E-state index contributed by atoms with van der Waals surface area (Å²) in [6.07, 6.45) is 7.48. The molecule has 0 spiro atoms. The fraction of sp³-hybridized carbons (Fsp3) is 0.800. The number of ether oxygens (including phenoxy) is 1. The summed E-state index contributed by atoms with van der Waals surface area (Å²) >= 11 is 0. The molecule has 0 radical (unpaired) electrons. The second kappa shape index (κ2) is 8.53. The average molecular weight is 363 g/mol. The number of piperazine rings is 1. The van der Waals surface area contributed by atoms with Gasteiger partial charge in [-0.25, -0.2) is 4.98 Å². The molecule has 1 aromatic heterocycles. The smallest absolute Gasteiger partial charge is 0.249 e. The lowest BCUT2D eigenvalue weighted by molar-refractivity contribution is -0.145. The van der Waals surface area contributed by atoms with E-state index in [2.05, 4.69) is 31.1 Å². The highest BCUT2D eigenvalue weighted by molar-refractivity contribution is 5.78. The molecule has 1 saturated heterocycles. The highest BCUT2D eigenvalue weighted by Gasteiger charge is 2.34. The molecule has 0 bridgehead atoms. The molecule has 1 N–H and O–H groups in total. The van der Waals surface area contributed by atoms with Crippen molar-refractivity contribution in [2.45, 2.75) is 52.2 Å². The maximum atomic E-state index is 13.0. The number of amides is 1. The third kappa shape index (κ3) is 4.29. The molecule has 1 aromatic rings. The van der Waals surface area contributed by atoms with E-state index in [9.17, 15) is 4.79 Å². The highest BCUT2D eigenvalue weighted by atomic mass is 16.5. The Hall–Kier alpha value is -1.40. The molecular weight excluding hydrogens is 328 g/mol. The van der Waals surface area contributed by atoms with Crippen LogP contribution in [0.15, 0.2) is 12.4 Å². The van der Waals surface area contributed by atoms with Gasteiger partial charge in [0.15, 0.2) is 0 Å². The van der Waals surface area contributed by atoms with E-state index in [4.69, 9.17) is 4.74 Å². The minimum Gasteiger partial charge on any atom is -0.368 e. The number of imidazole rings is 1. The third-order valence-electron chi connectivity index (χ3n) is 6.10. The van der Waals surface area contributed by atoms with Gasteiger partial charge in [-0.15, -0.1) is 0 Å². The number of aryl methyl sites for hydroxylation is 1. The van der Waals surface area contributed by atoms with Gasteiger partial charge in [-0.2, -0.15) is 0 Å². The molecule has 146 valence electrons. The summed E-state index contributed by atoms with van der Waals surface area (Å²) in [5.41, 5.74) is 0. The average Bonchev–Trinajstić information content (AvgIpc) is 3.05. The molecule has 2 aliphatic rings. The first-order valence-electron chi connectivity index (χ1n) is 10.1. The molecule has 6 nitrogen and oxygen atoms in total. The Kier molecular flexibility index (Phi) is 6.35. The van der Waals surface area contributed by atoms with Gasteiger partial charge in [-0.3, -0.25) is 4.79 Å². The van der Waals surface area contributed by atoms with E-state index >= 15 is 0 Å². The predicted molar refractivity (Wildman–Crippen MR) is 102 cm³/mol. The third-order valence-corrected chi connectivity index (χ3v) is 6.10. The monoisotopic (exact) mass is 362 g/mol. The first kappa shape index (κ1) is 19.4. The van der Waals surface area contributed by atoms with Crippen LogP contribution in [0, 0.1) is 17.8 Å². The molecule has 1 aliphatic carbocycles. The van der Waals surface area contributed by atoms with Gasteiger partial charge in [-0.05, 0) is 30.6 Å². The topological polar surface area (TPSA) is 59.4 Å². The number of aromatic nitrogens is 2. The molecule has 1 amide bonds. The first-order valence-corrected chi connectivity index (χ1v) is 10.1. The van der Waals surface area contributed by atoms with Crippen LogP contribution in [0.25, 0.3) is 0 Å². The van der Waals surface area contributed by atoms with Crippen LogP contribution in [0.2, 0.25) is 0 Å². The number of carbonyl (C=O) groups is 1. The normalized spacial score (nSPS) is 30.0. The maximum Gasteiger partial charge on any atom is 0.249 e. The highest BCUT2D eigenvalue weighted by Crippen LogP contribution is 2.35. The minimum absolute atomic E-state index is 0.0222. The van der Waals surface area contributed by atoms with Gasteiger partial charge < -0.3 is 19.5 Å². The number of nitrogens with zero attached hydrogens (tertiary/aromatic N) is 3. The Balaban J connectivity index is 1.63. The van der Waals surface area contributed by atoms with E-state index in [1.54, 1.807) is 6.20 Å². The molecular formula is C20H34N4O2. The summed E-state index contributed by atoms with van der Waals surface area (Å²) in [6.45, 7) is 9.28. The Morgan fingerprint density at radius 1 is 1.42 bits per heavy atom. The van der Waals surface area contributed by atoms with Gasteiger partial charge in [0, 0.05) is 39.1 Å². The van der Waals surface area contributed by atoms with Gasteiger partial charge in [-0.1, -0.05) is 27.2 Å². The van der Waals surface area contributed by atoms with Crippen molar-refractivity contribution in [1.29, 1.82) is 0 Å². The summed E-state index contributed by atoms with van der Waals surface area (Å²) in [4.78, 5) is 19.3. The predicted octanol–water partition coefficient (Wildman–Crippen LogP) is 2.37. The van der Waals surface area contributed by atoms with E-state index in [1.807, 2.05) is 22.7 Å². The van der Waals surface area contributed by atoms with E-state index in [0.717, 1.165) is 25.3 Å². The Bertz CT molecular complexity index is 600. The lowest BCUT2D eigenvalue weighted by Crippen LogP contribution is -2.51. The molecule has 2 fully saturated rings. The van der Waals surface area contributed by atoms with Crippen LogP contribution < -0.4 is 5.32 Å². The molecule has 26 heavy (non-hydrogen) atoms. The minimum atomic E-state index is -0.0222. The lowest BCUT2D eigenvalue weighted by Gasteiger charge is -2.39. The standard InChI is InChI=1S/C20H34N4O2/c1-14(2)16-6-5-15(3)11-18(16)26-13-19(25)24-10-7-21-12-17(24)20-22-8-9-23(20)4/h8-9,14-18,21H,5-7,10-13H2,1-4H3.